The number of aliphatic carboxylic acids is 1. The van der Waals surface area contributed by atoms with Crippen LogP contribution >= 0.6 is 15.9 Å². The Labute approximate surface area is 242 Å². The third kappa shape index (κ3) is 6.61. The lowest BCUT2D eigenvalue weighted by atomic mass is 9.97. The van der Waals surface area contributed by atoms with Crippen molar-refractivity contribution in [3.63, 3.8) is 0 Å². The van der Waals surface area contributed by atoms with Crippen molar-refractivity contribution < 1.29 is 26.7 Å². The summed E-state index contributed by atoms with van der Waals surface area (Å²) in [5, 5.41) is 9.84. The first-order valence-electron chi connectivity index (χ1n) is 12.1. The first-order chi connectivity index (χ1) is 18.9. The van der Waals surface area contributed by atoms with E-state index < -0.39 is 38.6 Å². The van der Waals surface area contributed by atoms with Crippen LogP contribution in [0.4, 0.5) is 5.69 Å². The second-order valence-corrected chi connectivity index (χ2v) is 13.7. The van der Waals surface area contributed by atoms with E-state index in [9.17, 15) is 26.7 Å². The average molecular weight is 644 g/mol. The number of halogens is 1. The molecule has 0 radical (unpaired) electrons. The molecule has 0 aliphatic heterocycles. The summed E-state index contributed by atoms with van der Waals surface area (Å²) in [4.78, 5) is 12.0. The van der Waals surface area contributed by atoms with Crippen LogP contribution in [0.25, 0.3) is 0 Å². The number of carbonyl (C=O) groups is 1. The molecular weight excluding hydrogens is 616 g/mol. The lowest BCUT2D eigenvalue weighted by Gasteiger charge is -2.32. The molecule has 0 bridgehead atoms. The molecule has 8 nitrogen and oxygen atoms in total. The summed E-state index contributed by atoms with van der Waals surface area (Å²) in [5.74, 6) is -1.37. The van der Waals surface area contributed by atoms with Crippen molar-refractivity contribution in [3.05, 3.63) is 124 Å². The van der Waals surface area contributed by atoms with Gasteiger partial charge in [-0.25, -0.2) is 16.8 Å². The van der Waals surface area contributed by atoms with Crippen LogP contribution in [-0.2, 0) is 24.8 Å². The molecule has 0 amide bonds. The largest absolute Gasteiger partial charge is 0.480 e. The van der Waals surface area contributed by atoms with Crippen molar-refractivity contribution in [2.75, 3.05) is 11.3 Å². The van der Waals surface area contributed by atoms with E-state index in [1.165, 1.54) is 30.3 Å². The van der Waals surface area contributed by atoms with Crippen LogP contribution in [0.5, 0.6) is 0 Å². The minimum atomic E-state index is -4.38. The maximum atomic E-state index is 14.0. The fourth-order valence-electron chi connectivity index (χ4n) is 4.20. The number of carboxylic acids is 1. The molecule has 0 aliphatic rings. The summed E-state index contributed by atoms with van der Waals surface area (Å²) < 4.78 is 58.8. The zero-order chi connectivity index (χ0) is 29.1. The van der Waals surface area contributed by atoms with Gasteiger partial charge in [-0.2, -0.15) is 4.31 Å². The molecule has 1 unspecified atom stereocenters. The number of rotatable bonds is 10. The maximum Gasteiger partial charge on any atom is 0.318 e. The molecule has 11 heteroatoms. The summed E-state index contributed by atoms with van der Waals surface area (Å²) in [6, 6.07) is 24.4. The Hall–Kier alpha value is -3.51. The van der Waals surface area contributed by atoms with E-state index in [0.29, 0.717) is 10.0 Å². The van der Waals surface area contributed by atoms with E-state index in [1.54, 1.807) is 66.7 Å². The number of aryl methyl sites for hydroxylation is 2. The quantitative estimate of drug-likeness (QED) is 0.228. The van der Waals surface area contributed by atoms with Gasteiger partial charge in [0.2, 0.25) is 10.0 Å². The van der Waals surface area contributed by atoms with Crippen LogP contribution in [-0.4, -0.2) is 38.8 Å². The van der Waals surface area contributed by atoms with Crippen LogP contribution < -0.4 is 4.72 Å². The Bertz CT molecular complexity index is 1730. The predicted octanol–water partition coefficient (Wildman–Crippen LogP) is 5.73. The van der Waals surface area contributed by atoms with Crippen LogP contribution in [0.3, 0.4) is 0 Å². The molecule has 2 N–H and O–H groups in total. The number of nitrogens with one attached hydrogen (secondary N) is 1. The van der Waals surface area contributed by atoms with E-state index >= 15 is 0 Å². The lowest BCUT2D eigenvalue weighted by molar-refractivity contribution is -0.137. The van der Waals surface area contributed by atoms with Gasteiger partial charge in [-0.1, -0.05) is 81.7 Å². The Morgan fingerprint density at radius 1 is 0.825 bits per heavy atom. The van der Waals surface area contributed by atoms with Crippen LogP contribution in [0.2, 0.25) is 0 Å². The number of hydrogen-bond acceptors (Lipinski definition) is 5. The highest BCUT2D eigenvalue weighted by Gasteiger charge is 2.37. The van der Waals surface area contributed by atoms with Crippen molar-refractivity contribution in [2.45, 2.75) is 29.7 Å². The molecule has 0 spiro atoms. The van der Waals surface area contributed by atoms with Crippen molar-refractivity contribution in [1.82, 2.24) is 4.31 Å². The van der Waals surface area contributed by atoms with Gasteiger partial charge < -0.3 is 5.11 Å². The zero-order valence-corrected chi connectivity index (χ0v) is 24.9. The van der Waals surface area contributed by atoms with E-state index in [1.807, 2.05) is 13.8 Å². The predicted molar refractivity (Wildman–Crippen MR) is 157 cm³/mol. The van der Waals surface area contributed by atoms with Crippen molar-refractivity contribution in [3.8, 4) is 0 Å². The normalized spacial score (nSPS) is 12.7. The number of benzene rings is 4. The molecule has 0 aromatic heterocycles. The second-order valence-electron chi connectivity index (χ2n) is 9.22. The van der Waals surface area contributed by atoms with Gasteiger partial charge in [0.25, 0.3) is 10.0 Å². The molecule has 0 heterocycles. The van der Waals surface area contributed by atoms with E-state index in [-0.39, 0.29) is 21.0 Å². The van der Waals surface area contributed by atoms with E-state index in [0.717, 1.165) is 15.4 Å². The Morgan fingerprint density at radius 3 is 1.93 bits per heavy atom. The summed E-state index contributed by atoms with van der Waals surface area (Å²) in [7, 11) is -8.45. The molecule has 40 heavy (non-hydrogen) atoms. The second kappa shape index (κ2) is 11.9. The molecule has 4 rings (SSSR count). The highest BCUT2D eigenvalue weighted by Crippen LogP contribution is 2.39. The smallest absolute Gasteiger partial charge is 0.318 e. The molecule has 0 saturated carbocycles. The van der Waals surface area contributed by atoms with Gasteiger partial charge in [0.05, 0.1) is 21.5 Å². The third-order valence-corrected chi connectivity index (χ3v) is 9.91. The van der Waals surface area contributed by atoms with Crippen molar-refractivity contribution in [1.29, 1.82) is 0 Å². The number of sulfonamides is 2. The van der Waals surface area contributed by atoms with Gasteiger partial charge >= 0.3 is 5.97 Å². The number of carboxylic acid groups (broad SMARTS) is 1. The fraction of sp³-hybridized carbons (Fsp3) is 0.138. The van der Waals surface area contributed by atoms with Crippen LogP contribution in [0.1, 0.15) is 28.3 Å². The van der Waals surface area contributed by atoms with Crippen LogP contribution in [0.15, 0.2) is 111 Å². The Balaban J connectivity index is 1.94. The minimum absolute atomic E-state index is 0.0258. The summed E-state index contributed by atoms with van der Waals surface area (Å²) in [6.07, 6.45) is 0. The average Bonchev–Trinajstić information content (AvgIpc) is 2.90. The van der Waals surface area contributed by atoms with E-state index in [4.69, 9.17) is 0 Å². The number of hydrogen-bond donors (Lipinski definition) is 2. The van der Waals surface area contributed by atoms with Crippen molar-refractivity contribution in [2.24, 2.45) is 0 Å². The molecule has 4 aromatic rings. The lowest BCUT2D eigenvalue weighted by Crippen LogP contribution is -2.39. The molecule has 4 aromatic carbocycles. The SMILES string of the molecule is Cc1ccc(S(=O)(=O)Nc2ccc(Br)cc2C(c2ccccc2)N(CC(=O)O)S(=O)(=O)c2ccc(C)cc2)cc1. The monoisotopic (exact) mass is 642 g/mol. The highest BCUT2D eigenvalue weighted by molar-refractivity contribution is 9.10. The molecule has 0 aliphatic carbocycles. The maximum absolute atomic E-state index is 14.0. The first-order valence-corrected chi connectivity index (χ1v) is 15.8. The van der Waals surface area contributed by atoms with Crippen LogP contribution in [0, 0.1) is 13.8 Å². The van der Waals surface area contributed by atoms with Gasteiger partial charge in [-0.15, -0.1) is 0 Å². The highest BCUT2D eigenvalue weighted by atomic mass is 79.9. The number of anilines is 1. The van der Waals surface area contributed by atoms with Gasteiger partial charge in [0.1, 0.15) is 6.54 Å². The van der Waals surface area contributed by atoms with Crippen molar-refractivity contribution >= 4 is 47.6 Å². The van der Waals surface area contributed by atoms with Gasteiger partial charge in [-0.3, -0.25) is 9.52 Å². The molecule has 1 atom stereocenters. The summed E-state index contributed by atoms with van der Waals surface area (Å²) >= 11 is 3.41. The fourth-order valence-corrected chi connectivity index (χ4v) is 7.21. The zero-order valence-electron chi connectivity index (χ0n) is 21.7. The third-order valence-electron chi connectivity index (χ3n) is 6.21. The standard InChI is InChI=1S/C29H27BrN2O6S2/c1-20-8-13-24(14-9-20)39(35,36)31-27-17-12-23(30)18-26(27)29(22-6-4-3-5-7-22)32(19-28(33)34)40(37,38)25-15-10-21(2)11-16-25/h3-18,29,31H,19H2,1-2H3,(H,33,34). The van der Waals surface area contributed by atoms with Gasteiger partial charge in [0, 0.05) is 10.0 Å². The first kappa shape index (κ1) is 29.5. The Morgan fingerprint density at radius 2 is 1.38 bits per heavy atom. The minimum Gasteiger partial charge on any atom is -0.480 e. The Kier molecular flexibility index (Phi) is 8.79. The van der Waals surface area contributed by atoms with E-state index in [2.05, 4.69) is 20.7 Å². The molecule has 0 saturated heterocycles. The molecule has 208 valence electrons. The summed E-state index contributed by atoms with van der Waals surface area (Å²) in [5.41, 5.74) is 2.52. The number of nitrogens with zero attached hydrogens (tertiary/aromatic N) is 1. The molecular formula is C29H27BrN2O6S2. The van der Waals surface area contributed by atoms with Gasteiger partial charge in [-0.05, 0) is 61.9 Å². The van der Waals surface area contributed by atoms with Gasteiger partial charge in [0.15, 0.2) is 0 Å². The summed E-state index contributed by atoms with van der Waals surface area (Å²) in [6.45, 7) is 2.78. The topological polar surface area (TPSA) is 121 Å². The molecule has 0 fully saturated rings.